The molecule has 2 heterocycles. The van der Waals surface area contributed by atoms with Gasteiger partial charge in [-0.3, -0.25) is 4.57 Å². The average Bonchev–Trinajstić information content (AvgIpc) is 2.48. The average molecular weight is 181 g/mol. The number of aryl methyl sites for hydroxylation is 1. The van der Waals surface area contributed by atoms with E-state index in [1.807, 2.05) is 11.5 Å². The van der Waals surface area contributed by atoms with Crippen LogP contribution in [0.25, 0.3) is 0 Å². The molecule has 1 aromatic heterocycles. The van der Waals surface area contributed by atoms with Gasteiger partial charge in [0.25, 0.3) is 0 Å². The van der Waals surface area contributed by atoms with E-state index in [4.69, 9.17) is 0 Å². The zero-order chi connectivity index (χ0) is 9.26. The highest BCUT2D eigenvalue weighted by molar-refractivity contribution is 4.98. The summed E-state index contributed by atoms with van der Waals surface area (Å²) in [6.07, 6.45) is 4.03. The molecule has 13 heavy (non-hydrogen) atoms. The van der Waals surface area contributed by atoms with Crippen molar-refractivity contribution in [2.45, 2.75) is 25.8 Å². The number of H-pyrrole nitrogens is 1. The summed E-state index contributed by atoms with van der Waals surface area (Å²) in [4.78, 5) is 14.1. The second kappa shape index (κ2) is 3.38. The molecule has 4 heteroatoms. The van der Waals surface area contributed by atoms with Crippen LogP contribution in [-0.4, -0.2) is 22.6 Å². The van der Waals surface area contributed by atoms with Crippen LogP contribution in [0.5, 0.6) is 0 Å². The maximum Gasteiger partial charge on any atom is 0.325 e. The molecule has 2 N–H and O–H groups in total. The van der Waals surface area contributed by atoms with Crippen molar-refractivity contribution in [2.24, 2.45) is 0 Å². The third kappa shape index (κ3) is 1.54. The predicted octanol–water partition coefficient (Wildman–Crippen LogP) is 0.409. The molecule has 1 unspecified atom stereocenters. The Morgan fingerprint density at radius 2 is 2.46 bits per heavy atom. The number of aromatic amines is 1. The van der Waals surface area contributed by atoms with E-state index >= 15 is 0 Å². The lowest BCUT2D eigenvalue weighted by Crippen LogP contribution is -2.36. The quantitative estimate of drug-likeness (QED) is 0.659. The minimum absolute atomic E-state index is 0.0196. The van der Waals surface area contributed by atoms with Crippen molar-refractivity contribution in [1.82, 2.24) is 14.9 Å². The Labute approximate surface area is 77.0 Å². The van der Waals surface area contributed by atoms with E-state index in [2.05, 4.69) is 10.3 Å². The highest BCUT2D eigenvalue weighted by Gasteiger charge is 2.17. The number of hydrogen-bond donors (Lipinski definition) is 2. The fourth-order valence-corrected chi connectivity index (χ4v) is 1.97. The number of rotatable bonds is 1. The lowest BCUT2D eigenvalue weighted by atomic mass is 10.1. The van der Waals surface area contributed by atoms with Gasteiger partial charge < -0.3 is 10.3 Å². The molecular formula is C9H15N3O. The maximum absolute atomic E-state index is 11.4. The second-order valence-corrected chi connectivity index (χ2v) is 3.61. The Morgan fingerprint density at radius 3 is 3.00 bits per heavy atom. The van der Waals surface area contributed by atoms with Crippen LogP contribution < -0.4 is 11.0 Å². The van der Waals surface area contributed by atoms with Gasteiger partial charge in [-0.05, 0) is 26.3 Å². The van der Waals surface area contributed by atoms with Gasteiger partial charge in [-0.1, -0.05) is 0 Å². The van der Waals surface area contributed by atoms with Crippen LogP contribution in [0, 0.1) is 6.92 Å². The molecule has 0 aromatic carbocycles. The summed E-state index contributed by atoms with van der Waals surface area (Å²) in [6, 6.07) is 0.340. The summed E-state index contributed by atoms with van der Waals surface area (Å²) in [5.74, 6) is 0. The topological polar surface area (TPSA) is 49.8 Å². The van der Waals surface area contributed by atoms with E-state index < -0.39 is 0 Å². The number of aromatic nitrogens is 2. The SMILES string of the molecule is Cc1c[nH]c(=O)n1C1CCCNC1. The van der Waals surface area contributed by atoms with Gasteiger partial charge in [0.2, 0.25) is 0 Å². The van der Waals surface area contributed by atoms with E-state index in [0.717, 1.165) is 31.6 Å². The predicted molar refractivity (Wildman–Crippen MR) is 50.9 cm³/mol. The third-order valence-electron chi connectivity index (χ3n) is 2.64. The maximum atomic E-state index is 11.4. The van der Waals surface area contributed by atoms with Crippen LogP contribution in [0.4, 0.5) is 0 Å². The largest absolute Gasteiger partial charge is 0.325 e. The molecular weight excluding hydrogens is 166 g/mol. The molecule has 1 atom stereocenters. The zero-order valence-corrected chi connectivity index (χ0v) is 7.84. The van der Waals surface area contributed by atoms with Gasteiger partial charge in [-0.25, -0.2) is 4.79 Å². The Morgan fingerprint density at radius 1 is 1.62 bits per heavy atom. The number of imidazole rings is 1. The molecule has 0 amide bonds. The van der Waals surface area contributed by atoms with Gasteiger partial charge in [-0.2, -0.15) is 0 Å². The minimum atomic E-state index is 0.0196. The van der Waals surface area contributed by atoms with Gasteiger partial charge in [-0.15, -0.1) is 0 Å². The number of piperidine rings is 1. The number of nitrogens with zero attached hydrogens (tertiary/aromatic N) is 1. The van der Waals surface area contributed by atoms with E-state index in [1.165, 1.54) is 0 Å². The highest BCUT2D eigenvalue weighted by atomic mass is 16.1. The molecule has 0 saturated carbocycles. The van der Waals surface area contributed by atoms with Crippen molar-refractivity contribution in [3.63, 3.8) is 0 Å². The van der Waals surface area contributed by atoms with E-state index in [1.54, 1.807) is 6.20 Å². The molecule has 0 bridgehead atoms. The summed E-state index contributed by atoms with van der Waals surface area (Å²) in [5.41, 5.74) is 1.05. The van der Waals surface area contributed by atoms with Crippen LogP contribution in [0.15, 0.2) is 11.0 Å². The van der Waals surface area contributed by atoms with Crippen LogP contribution in [-0.2, 0) is 0 Å². The monoisotopic (exact) mass is 181 g/mol. The van der Waals surface area contributed by atoms with Gasteiger partial charge in [0.05, 0.1) is 6.04 Å². The standard InChI is InChI=1S/C9H15N3O/c1-7-5-11-9(13)12(7)8-3-2-4-10-6-8/h5,8,10H,2-4,6H2,1H3,(H,11,13). The van der Waals surface area contributed by atoms with Crippen LogP contribution >= 0.6 is 0 Å². The highest BCUT2D eigenvalue weighted by Crippen LogP contribution is 2.15. The summed E-state index contributed by atoms with van der Waals surface area (Å²) in [5, 5.41) is 3.30. The molecule has 72 valence electrons. The fourth-order valence-electron chi connectivity index (χ4n) is 1.97. The minimum Gasteiger partial charge on any atom is -0.315 e. The summed E-state index contributed by atoms with van der Waals surface area (Å²) >= 11 is 0. The molecule has 1 saturated heterocycles. The molecule has 4 nitrogen and oxygen atoms in total. The van der Waals surface area contributed by atoms with Gasteiger partial charge >= 0.3 is 5.69 Å². The van der Waals surface area contributed by atoms with Crippen molar-refractivity contribution >= 4 is 0 Å². The molecule has 0 radical (unpaired) electrons. The first-order valence-corrected chi connectivity index (χ1v) is 4.76. The third-order valence-corrected chi connectivity index (χ3v) is 2.64. The van der Waals surface area contributed by atoms with Crippen LogP contribution in [0.2, 0.25) is 0 Å². The zero-order valence-electron chi connectivity index (χ0n) is 7.84. The Hall–Kier alpha value is -1.03. The van der Waals surface area contributed by atoms with E-state index in [0.29, 0.717) is 6.04 Å². The Kier molecular flexibility index (Phi) is 2.22. The number of hydrogen-bond acceptors (Lipinski definition) is 2. The summed E-state index contributed by atoms with van der Waals surface area (Å²) < 4.78 is 1.85. The van der Waals surface area contributed by atoms with Gasteiger partial charge in [0.15, 0.2) is 0 Å². The first-order chi connectivity index (χ1) is 6.29. The normalized spacial score (nSPS) is 23.3. The van der Waals surface area contributed by atoms with Crippen molar-refractivity contribution in [1.29, 1.82) is 0 Å². The van der Waals surface area contributed by atoms with Crippen LogP contribution in [0.1, 0.15) is 24.6 Å². The molecule has 1 fully saturated rings. The second-order valence-electron chi connectivity index (χ2n) is 3.61. The molecule has 1 aromatic rings. The Balaban J connectivity index is 2.27. The molecule has 1 aliphatic heterocycles. The first kappa shape index (κ1) is 8.56. The lowest BCUT2D eigenvalue weighted by Gasteiger charge is -2.24. The van der Waals surface area contributed by atoms with Crippen molar-refractivity contribution in [3.05, 3.63) is 22.4 Å². The first-order valence-electron chi connectivity index (χ1n) is 4.76. The molecule has 2 rings (SSSR count). The summed E-state index contributed by atoms with van der Waals surface area (Å²) in [6.45, 7) is 3.96. The fraction of sp³-hybridized carbons (Fsp3) is 0.667. The summed E-state index contributed by atoms with van der Waals surface area (Å²) in [7, 11) is 0. The molecule has 0 aliphatic carbocycles. The van der Waals surface area contributed by atoms with Crippen molar-refractivity contribution < 1.29 is 0 Å². The van der Waals surface area contributed by atoms with Gasteiger partial charge in [0, 0.05) is 18.4 Å². The van der Waals surface area contributed by atoms with E-state index in [9.17, 15) is 4.79 Å². The lowest BCUT2D eigenvalue weighted by molar-refractivity contribution is 0.360. The van der Waals surface area contributed by atoms with Gasteiger partial charge in [0.1, 0.15) is 0 Å². The van der Waals surface area contributed by atoms with Crippen LogP contribution in [0.3, 0.4) is 0 Å². The molecule has 0 spiro atoms. The number of nitrogens with one attached hydrogen (secondary N) is 2. The van der Waals surface area contributed by atoms with Crippen molar-refractivity contribution in [3.8, 4) is 0 Å². The Bertz CT molecular complexity index is 333. The smallest absolute Gasteiger partial charge is 0.315 e. The van der Waals surface area contributed by atoms with Crippen molar-refractivity contribution in [2.75, 3.05) is 13.1 Å². The molecule has 1 aliphatic rings. The van der Waals surface area contributed by atoms with E-state index in [-0.39, 0.29) is 5.69 Å².